The highest BCUT2D eigenvalue weighted by Gasteiger charge is 2.50. The Morgan fingerprint density at radius 1 is 0.800 bits per heavy atom. The fourth-order valence-corrected chi connectivity index (χ4v) is 3.52. The lowest BCUT2D eigenvalue weighted by Crippen LogP contribution is -2.65. The predicted molar refractivity (Wildman–Crippen MR) is 101 cm³/mol. The van der Waals surface area contributed by atoms with Crippen LogP contribution in [0.5, 0.6) is 0 Å². The minimum Gasteiger partial charge on any atom is -0.394 e. The number of aryl methyl sites for hydroxylation is 1. The Kier molecular flexibility index (Phi) is 7.63. The number of anilines is 1. The molecule has 2 aliphatic rings. The van der Waals surface area contributed by atoms with Gasteiger partial charge >= 0.3 is 0 Å². The molecule has 170 valence electrons. The van der Waals surface area contributed by atoms with E-state index in [1.165, 1.54) is 0 Å². The van der Waals surface area contributed by atoms with Gasteiger partial charge in [-0.1, -0.05) is 17.7 Å². The van der Waals surface area contributed by atoms with E-state index >= 15 is 0 Å². The summed E-state index contributed by atoms with van der Waals surface area (Å²) in [6.45, 7) is 0.684. The number of nitrogens with one attached hydrogen (secondary N) is 1. The Hall–Kier alpha value is -1.38. The van der Waals surface area contributed by atoms with Crippen LogP contribution in [-0.4, -0.2) is 110 Å². The summed E-state index contributed by atoms with van der Waals surface area (Å²) in [5.41, 5.74) is 1.66. The Labute approximate surface area is 173 Å². The molecular formula is C19H29NO10. The summed E-state index contributed by atoms with van der Waals surface area (Å²) in [6, 6.07) is 7.23. The zero-order chi connectivity index (χ0) is 22.0. The predicted octanol–water partition coefficient (Wildman–Crippen LogP) is -2.97. The quantitative estimate of drug-likeness (QED) is 0.230. The SMILES string of the molecule is Cc1ccc(NC2O[C@H](CO)C(OC3O[C@H](CO)[C@@H](O)C(O)[C@H]3O)[C@H](O)[C@H]2O)cc1. The van der Waals surface area contributed by atoms with Crippen LogP contribution in [0.2, 0.25) is 0 Å². The van der Waals surface area contributed by atoms with Gasteiger partial charge in [0.1, 0.15) is 48.8 Å². The Bertz CT molecular complexity index is 672. The minimum absolute atomic E-state index is 0.585. The van der Waals surface area contributed by atoms with E-state index in [1.54, 1.807) is 12.1 Å². The van der Waals surface area contributed by atoms with Crippen LogP contribution >= 0.6 is 0 Å². The van der Waals surface area contributed by atoms with Gasteiger partial charge in [-0.05, 0) is 19.1 Å². The summed E-state index contributed by atoms with van der Waals surface area (Å²) in [5.74, 6) is 0. The molecule has 0 spiro atoms. The molecule has 0 aromatic heterocycles. The van der Waals surface area contributed by atoms with E-state index in [-0.39, 0.29) is 0 Å². The van der Waals surface area contributed by atoms with E-state index in [4.69, 9.17) is 14.2 Å². The van der Waals surface area contributed by atoms with E-state index in [1.807, 2.05) is 19.1 Å². The second-order valence-electron chi connectivity index (χ2n) is 7.57. The van der Waals surface area contributed by atoms with E-state index < -0.39 is 74.6 Å². The molecule has 4 unspecified atom stereocenters. The highest BCUT2D eigenvalue weighted by molar-refractivity contribution is 5.45. The van der Waals surface area contributed by atoms with Crippen molar-refractivity contribution in [3.05, 3.63) is 29.8 Å². The largest absolute Gasteiger partial charge is 0.394 e. The Morgan fingerprint density at radius 3 is 2.03 bits per heavy atom. The van der Waals surface area contributed by atoms with Crippen molar-refractivity contribution >= 4 is 5.69 Å². The van der Waals surface area contributed by atoms with Crippen molar-refractivity contribution in [2.75, 3.05) is 18.5 Å². The third-order valence-electron chi connectivity index (χ3n) is 5.36. The average Bonchev–Trinajstić information content (AvgIpc) is 2.74. The standard InChI is InChI=1S/C19H29NO10/c1-8-2-4-9(5-3-8)20-18-15(26)14(25)17(11(7-22)28-18)30-19-16(27)13(24)12(23)10(6-21)29-19/h2-5,10-27H,6-7H2,1H3/t10-,11-,12-,13?,14-,15-,16-,17?,18?,19?/m1/s1. The smallest absolute Gasteiger partial charge is 0.187 e. The van der Waals surface area contributed by atoms with Crippen molar-refractivity contribution in [1.29, 1.82) is 0 Å². The normalized spacial score (nSPS) is 42.1. The topological polar surface area (TPSA) is 181 Å². The Balaban J connectivity index is 1.71. The summed E-state index contributed by atoms with van der Waals surface area (Å²) in [7, 11) is 0. The number of hydrogen-bond acceptors (Lipinski definition) is 11. The van der Waals surface area contributed by atoms with Gasteiger partial charge in [-0.2, -0.15) is 0 Å². The van der Waals surface area contributed by atoms with Gasteiger partial charge in [-0.3, -0.25) is 0 Å². The van der Waals surface area contributed by atoms with Gasteiger partial charge in [0.05, 0.1) is 13.2 Å². The first-order chi connectivity index (χ1) is 14.3. The van der Waals surface area contributed by atoms with Gasteiger partial charge in [0.15, 0.2) is 12.5 Å². The third kappa shape index (κ3) is 4.75. The first-order valence-corrected chi connectivity index (χ1v) is 9.68. The molecule has 11 nitrogen and oxygen atoms in total. The van der Waals surface area contributed by atoms with Crippen LogP contribution in [0.4, 0.5) is 5.69 Å². The van der Waals surface area contributed by atoms with Gasteiger partial charge < -0.3 is 55.3 Å². The first kappa shape index (κ1) is 23.3. The molecule has 0 bridgehead atoms. The van der Waals surface area contributed by atoms with Crippen LogP contribution in [0.25, 0.3) is 0 Å². The maximum Gasteiger partial charge on any atom is 0.187 e. The third-order valence-corrected chi connectivity index (χ3v) is 5.36. The molecule has 0 aliphatic carbocycles. The zero-order valence-electron chi connectivity index (χ0n) is 16.4. The minimum atomic E-state index is -1.70. The van der Waals surface area contributed by atoms with Crippen molar-refractivity contribution in [1.82, 2.24) is 0 Å². The van der Waals surface area contributed by atoms with Gasteiger partial charge in [0.25, 0.3) is 0 Å². The maximum atomic E-state index is 10.6. The molecule has 2 aliphatic heterocycles. The van der Waals surface area contributed by atoms with Gasteiger partial charge in [0.2, 0.25) is 0 Å². The van der Waals surface area contributed by atoms with Gasteiger partial charge in [-0.15, -0.1) is 0 Å². The van der Waals surface area contributed by atoms with E-state index in [0.29, 0.717) is 5.69 Å². The molecule has 0 amide bonds. The first-order valence-electron chi connectivity index (χ1n) is 9.68. The fraction of sp³-hybridized carbons (Fsp3) is 0.684. The number of aliphatic hydroxyl groups excluding tert-OH is 7. The van der Waals surface area contributed by atoms with Crippen molar-refractivity contribution in [2.45, 2.75) is 68.3 Å². The molecule has 2 fully saturated rings. The van der Waals surface area contributed by atoms with Crippen LogP contribution in [0, 0.1) is 6.92 Å². The van der Waals surface area contributed by atoms with Crippen LogP contribution in [0.15, 0.2) is 24.3 Å². The van der Waals surface area contributed by atoms with Crippen molar-refractivity contribution in [3.8, 4) is 0 Å². The summed E-state index contributed by atoms with van der Waals surface area (Å²) >= 11 is 0. The summed E-state index contributed by atoms with van der Waals surface area (Å²) in [5, 5.41) is 72.9. The lowest BCUT2D eigenvalue weighted by atomic mass is 9.96. The maximum absolute atomic E-state index is 10.6. The highest BCUT2D eigenvalue weighted by atomic mass is 16.7. The molecule has 1 aromatic rings. The molecule has 8 N–H and O–H groups in total. The number of hydrogen-bond donors (Lipinski definition) is 8. The lowest BCUT2D eigenvalue weighted by Gasteiger charge is -2.46. The van der Waals surface area contributed by atoms with Crippen molar-refractivity contribution in [2.24, 2.45) is 0 Å². The van der Waals surface area contributed by atoms with E-state index in [0.717, 1.165) is 5.56 Å². The molecule has 2 saturated heterocycles. The molecule has 2 heterocycles. The van der Waals surface area contributed by atoms with Crippen LogP contribution in [0.1, 0.15) is 5.56 Å². The van der Waals surface area contributed by atoms with E-state index in [2.05, 4.69) is 5.32 Å². The van der Waals surface area contributed by atoms with Gasteiger partial charge in [-0.25, -0.2) is 0 Å². The fourth-order valence-electron chi connectivity index (χ4n) is 3.52. The number of rotatable bonds is 6. The van der Waals surface area contributed by atoms with Crippen molar-refractivity contribution in [3.63, 3.8) is 0 Å². The molecule has 11 heteroatoms. The molecule has 0 radical (unpaired) electrons. The monoisotopic (exact) mass is 431 g/mol. The molecule has 0 saturated carbocycles. The van der Waals surface area contributed by atoms with Crippen LogP contribution in [-0.2, 0) is 14.2 Å². The number of benzene rings is 1. The number of aliphatic hydroxyl groups is 7. The summed E-state index contributed by atoms with van der Waals surface area (Å²) in [6.07, 6.45) is -14.2. The Morgan fingerprint density at radius 2 is 1.43 bits per heavy atom. The average molecular weight is 431 g/mol. The molecule has 10 atom stereocenters. The summed E-state index contributed by atoms with van der Waals surface area (Å²) < 4.78 is 16.4. The highest BCUT2D eigenvalue weighted by Crippen LogP contribution is 2.29. The zero-order valence-corrected chi connectivity index (χ0v) is 16.4. The summed E-state index contributed by atoms with van der Waals surface area (Å²) in [4.78, 5) is 0. The molecule has 1 aromatic carbocycles. The second kappa shape index (κ2) is 9.83. The van der Waals surface area contributed by atoms with Crippen molar-refractivity contribution < 1.29 is 50.0 Å². The number of ether oxygens (including phenoxy) is 3. The van der Waals surface area contributed by atoms with Crippen LogP contribution < -0.4 is 5.32 Å². The lowest BCUT2D eigenvalue weighted by molar-refractivity contribution is -0.340. The molecule has 30 heavy (non-hydrogen) atoms. The van der Waals surface area contributed by atoms with E-state index in [9.17, 15) is 35.7 Å². The van der Waals surface area contributed by atoms with Crippen LogP contribution in [0.3, 0.4) is 0 Å². The second-order valence-corrected chi connectivity index (χ2v) is 7.57. The molecular weight excluding hydrogens is 402 g/mol. The van der Waals surface area contributed by atoms with Gasteiger partial charge in [0, 0.05) is 5.69 Å². The molecule has 3 rings (SSSR count).